The van der Waals surface area contributed by atoms with Crippen LogP contribution in [0.15, 0.2) is 22.9 Å². The van der Waals surface area contributed by atoms with Gasteiger partial charge in [0.2, 0.25) is 0 Å². The average Bonchev–Trinajstić information content (AvgIpc) is 2.07. The Morgan fingerprint density at radius 1 is 1.50 bits per heavy atom. The van der Waals surface area contributed by atoms with E-state index < -0.39 is 0 Å². The fourth-order valence-electron chi connectivity index (χ4n) is 1.30. The van der Waals surface area contributed by atoms with Gasteiger partial charge in [0.05, 0.1) is 10.2 Å². The summed E-state index contributed by atoms with van der Waals surface area (Å²) in [6.45, 7) is 4.32. The van der Waals surface area contributed by atoms with Gasteiger partial charge in [0, 0.05) is 23.3 Å². The lowest BCUT2D eigenvalue weighted by Crippen LogP contribution is -2.18. The van der Waals surface area contributed by atoms with Crippen molar-refractivity contribution in [3.63, 3.8) is 0 Å². The molecule has 2 nitrogen and oxygen atoms in total. The highest BCUT2D eigenvalue weighted by molar-refractivity contribution is 9.10. The first kappa shape index (κ1) is 12.0. The Morgan fingerprint density at radius 3 is 2.79 bits per heavy atom. The summed E-state index contributed by atoms with van der Waals surface area (Å²) in [7, 11) is 0. The molecule has 2 unspecified atom stereocenters. The molecule has 0 saturated carbocycles. The van der Waals surface area contributed by atoms with Gasteiger partial charge in [-0.15, -0.1) is 0 Å². The third-order valence-electron chi connectivity index (χ3n) is 1.85. The average molecular weight is 322 g/mol. The molecule has 0 amide bonds. The summed E-state index contributed by atoms with van der Waals surface area (Å²) in [5.74, 6) is 0. The van der Waals surface area contributed by atoms with Gasteiger partial charge in [0.15, 0.2) is 0 Å². The normalized spacial score (nSPS) is 14.9. The van der Waals surface area contributed by atoms with Gasteiger partial charge in [-0.25, -0.2) is 0 Å². The van der Waals surface area contributed by atoms with E-state index in [1.807, 2.05) is 6.07 Å². The number of aromatic nitrogens is 1. The number of hydrogen-bond acceptors (Lipinski definition) is 2. The fraction of sp³-hybridized carbons (Fsp3) is 0.500. The van der Waals surface area contributed by atoms with Crippen molar-refractivity contribution in [2.45, 2.75) is 31.1 Å². The molecule has 2 atom stereocenters. The van der Waals surface area contributed by atoms with Crippen LogP contribution in [-0.2, 0) is 0 Å². The maximum atomic E-state index is 4.02. The number of halogens is 2. The number of hydrogen-bond donors (Lipinski definition) is 1. The van der Waals surface area contributed by atoms with Crippen LogP contribution in [0.1, 0.15) is 20.3 Å². The van der Waals surface area contributed by atoms with Crippen molar-refractivity contribution in [1.82, 2.24) is 4.98 Å². The minimum absolute atomic E-state index is 0.447. The van der Waals surface area contributed by atoms with Crippen LogP contribution in [0.2, 0.25) is 0 Å². The Labute approximate surface area is 102 Å². The molecule has 0 aliphatic rings. The quantitative estimate of drug-likeness (QED) is 0.853. The first-order chi connectivity index (χ1) is 6.59. The lowest BCUT2D eigenvalue weighted by Gasteiger charge is -2.17. The van der Waals surface area contributed by atoms with Crippen LogP contribution < -0.4 is 5.32 Å². The summed E-state index contributed by atoms with van der Waals surface area (Å²) >= 11 is 7.00. The molecule has 1 rings (SSSR count). The van der Waals surface area contributed by atoms with E-state index in [0.717, 1.165) is 16.6 Å². The predicted molar refractivity (Wildman–Crippen MR) is 68.0 cm³/mol. The molecule has 1 N–H and O–H groups in total. The zero-order valence-corrected chi connectivity index (χ0v) is 11.5. The van der Waals surface area contributed by atoms with Crippen LogP contribution in [0.25, 0.3) is 0 Å². The molecule has 14 heavy (non-hydrogen) atoms. The Bertz CT molecular complexity index is 289. The fourth-order valence-corrected chi connectivity index (χ4v) is 2.23. The summed E-state index contributed by atoms with van der Waals surface area (Å²) in [5.41, 5.74) is 1.10. The van der Waals surface area contributed by atoms with Crippen molar-refractivity contribution in [2.75, 3.05) is 5.32 Å². The summed E-state index contributed by atoms with van der Waals surface area (Å²) in [4.78, 5) is 4.55. The molecule has 0 saturated heterocycles. The molecule has 1 aromatic heterocycles. The van der Waals surface area contributed by atoms with Crippen LogP contribution in [0.4, 0.5) is 5.69 Å². The van der Waals surface area contributed by atoms with E-state index in [9.17, 15) is 0 Å². The SMILES string of the molecule is CC(Br)CC(C)Nc1ccncc1Br. The zero-order chi connectivity index (χ0) is 10.6. The van der Waals surface area contributed by atoms with E-state index in [0.29, 0.717) is 10.9 Å². The van der Waals surface area contributed by atoms with E-state index in [2.05, 4.69) is 56.0 Å². The predicted octanol–water partition coefficient (Wildman–Crippen LogP) is 3.82. The maximum absolute atomic E-state index is 4.02. The summed E-state index contributed by atoms with van der Waals surface area (Å²) in [6.07, 6.45) is 4.68. The highest BCUT2D eigenvalue weighted by Gasteiger charge is 2.07. The second-order valence-corrected chi connectivity index (χ2v) is 5.83. The van der Waals surface area contributed by atoms with Crippen LogP contribution in [0, 0.1) is 0 Å². The minimum Gasteiger partial charge on any atom is -0.382 e. The molecule has 4 heteroatoms. The van der Waals surface area contributed by atoms with Crippen molar-refractivity contribution in [1.29, 1.82) is 0 Å². The molecule has 0 aromatic carbocycles. The Hall–Kier alpha value is -0.0900. The largest absolute Gasteiger partial charge is 0.382 e. The smallest absolute Gasteiger partial charge is 0.0590 e. The van der Waals surface area contributed by atoms with Crippen molar-refractivity contribution in [3.8, 4) is 0 Å². The molecular formula is C10H14Br2N2. The summed E-state index contributed by atoms with van der Waals surface area (Å²) in [6, 6.07) is 2.42. The minimum atomic E-state index is 0.447. The standard InChI is InChI=1S/C10H14Br2N2/c1-7(11)5-8(2)14-10-3-4-13-6-9(10)12/h3-4,6-8H,5H2,1-2H3,(H,13,14). The molecule has 78 valence electrons. The van der Waals surface area contributed by atoms with Crippen LogP contribution in [-0.4, -0.2) is 15.9 Å². The summed E-state index contributed by atoms with van der Waals surface area (Å²) < 4.78 is 1.01. The maximum Gasteiger partial charge on any atom is 0.0590 e. The number of nitrogens with zero attached hydrogens (tertiary/aromatic N) is 1. The third-order valence-corrected chi connectivity index (χ3v) is 2.86. The number of nitrogens with one attached hydrogen (secondary N) is 1. The van der Waals surface area contributed by atoms with Crippen LogP contribution in [0.3, 0.4) is 0 Å². The van der Waals surface area contributed by atoms with E-state index in [1.54, 1.807) is 12.4 Å². The molecule has 0 aliphatic heterocycles. The van der Waals surface area contributed by atoms with Crippen molar-refractivity contribution >= 4 is 37.5 Å². The third kappa shape index (κ3) is 3.96. The van der Waals surface area contributed by atoms with Gasteiger partial charge in [-0.1, -0.05) is 22.9 Å². The van der Waals surface area contributed by atoms with Gasteiger partial charge in [-0.05, 0) is 35.3 Å². The van der Waals surface area contributed by atoms with Crippen molar-refractivity contribution in [3.05, 3.63) is 22.9 Å². The highest BCUT2D eigenvalue weighted by Crippen LogP contribution is 2.22. The van der Waals surface area contributed by atoms with Crippen LogP contribution >= 0.6 is 31.9 Å². The van der Waals surface area contributed by atoms with Crippen molar-refractivity contribution in [2.24, 2.45) is 0 Å². The second-order valence-electron chi connectivity index (χ2n) is 3.42. The topological polar surface area (TPSA) is 24.9 Å². The van der Waals surface area contributed by atoms with Gasteiger partial charge < -0.3 is 5.32 Å². The Kier molecular flexibility index (Phi) is 4.89. The molecule has 0 fully saturated rings. The molecule has 0 bridgehead atoms. The Morgan fingerprint density at radius 2 is 2.21 bits per heavy atom. The molecule has 1 heterocycles. The van der Waals surface area contributed by atoms with Crippen molar-refractivity contribution < 1.29 is 0 Å². The first-order valence-electron chi connectivity index (χ1n) is 4.59. The molecule has 1 aromatic rings. The van der Waals surface area contributed by atoms with E-state index in [1.165, 1.54) is 0 Å². The van der Waals surface area contributed by atoms with E-state index >= 15 is 0 Å². The molecular weight excluding hydrogens is 308 g/mol. The lowest BCUT2D eigenvalue weighted by molar-refractivity contribution is 0.708. The van der Waals surface area contributed by atoms with E-state index in [4.69, 9.17) is 0 Å². The Balaban J connectivity index is 2.56. The van der Waals surface area contributed by atoms with E-state index in [-0.39, 0.29) is 0 Å². The summed E-state index contributed by atoms with van der Waals surface area (Å²) in [5, 5.41) is 3.42. The van der Waals surface area contributed by atoms with Gasteiger partial charge in [0.1, 0.15) is 0 Å². The monoisotopic (exact) mass is 320 g/mol. The highest BCUT2D eigenvalue weighted by atomic mass is 79.9. The zero-order valence-electron chi connectivity index (χ0n) is 8.30. The molecule has 0 radical (unpaired) electrons. The molecule has 0 spiro atoms. The van der Waals surface area contributed by atoms with Gasteiger partial charge in [-0.2, -0.15) is 0 Å². The van der Waals surface area contributed by atoms with Gasteiger partial charge in [-0.3, -0.25) is 4.98 Å². The van der Waals surface area contributed by atoms with Gasteiger partial charge >= 0.3 is 0 Å². The number of pyridine rings is 1. The van der Waals surface area contributed by atoms with Crippen LogP contribution in [0.5, 0.6) is 0 Å². The number of alkyl halides is 1. The number of anilines is 1. The first-order valence-corrected chi connectivity index (χ1v) is 6.30. The molecule has 0 aliphatic carbocycles. The number of rotatable bonds is 4. The van der Waals surface area contributed by atoms with Gasteiger partial charge in [0.25, 0.3) is 0 Å². The lowest BCUT2D eigenvalue weighted by atomic mass is 10.2. The second kappa shape index (κ2) is 5.71.